The lowest BCUT2D eigenvalue weighted by Crippen LogP contribution is -2.13. The Morgan fingerprint density at radius 1 is 1.19 bits per heavy atom. The number of nitrogens with zero attached hydrogens (tertiary/aromatic N) is 2. The Hall–Kier alpha value is -2.52. The number of aromatic nitrogens is 1. The summed E-state index contributed by atoms with van der Waals surface area (Å²) in [6, 6.07) is 9.47. The number of carbonyl (C=O) groups excluding carboxylic acids is 2. The lowest BCUT2D eigenvalue weighted by molar-refractivity contribution is 0.0522. The fraction of sp³-hybridized carbons (Fsp3) is 0.381. The second-order valence-electron chi connectivity index (χ2n) is 6.11. The van der Waals surface area contributed by atoms with E-state index in [1.54, 1.807) is 13.0 Å². The van der Waals surface area contributed by atoms with E-state index in [0.29, 0.717) is 29.0 Å². The molecule has 5 nitrogen and oxygen atoms in total. The molecule has 0 atom stereocenters. The first kappa shape index (κ1) is 20.8. The van der Waals surface area contributed by atoms with Crippen molar-refractivity contribution in [2.45, 2.75) is 40.0 Å². The molecule has 1 heterocycles. The third kappa shape index (κ3) is 4.61. The molecule has 0 saturated carbocycles. The summed E-state index contributed by atoms with van der Waals surface area (Å²) in [5.74, 6) is 0.368. The summed E-state index contributed by atoms with van der Waals surface area (Å²) in [6.45, 7) is 8.41. The van der Waals surface area contributed by atoms with E-state index in [9.17, 15) is 9.59 Å². The Kier molecular flexibility index (Phi) is 7.26. The van der Waals surface area contributed by atoms with Gasteiger partial charge in [0.15, 0.2) is 5.78 Å². The molecule has 6 heteroatoms. The van der Waals surface area contributed by atoms with Crippen LogP contribution in [0.1, 0.15) is 57.1 Å². The summed E-state index contributed by atoms with van der Waals surface area (Å²) in [4.78, 5) is 25.3. The average molecular weight is 385 g/mol. The lowest BCUT2D eigenvalue weighted by atomic mass is 10.1. The minimum absolute atomic E-state index is 0.0766. The fourth-order valence-electron chi connectivity index (χ4n) is 3.22. The highest BCUT2D eigenvalue weighted by Crippen LogP contribution is 2.26. The van der Waals surface area contributed by atoms with Crippen LogP contribution in [0.4, 0.5) is 0 Å². The van der Waals surface area contributed by atoms with Crippen molar-refractivity contribution in [3.8, 4) is 6.07 Å². The van der Waals surface area contributed by atoms with Gasteiger partial charge in [0.05, 0.1) is 35.1 Å². The van der Waals surface area contributed by atoms with E-state index in [2.05, 4.69) is 6.07 Å². The maximum Gasteiger partial charge on any atom is 0.340 e. The van der Waals surface area contributed by atoms with Gasteiger partial charge < -0.3 is 9.30 Å². The van der Waals surface area contributed by atoms with Gasteiger partial charge >= 0.3 is 5.97 Å². The molecule has 1 aromatic heterocycles. The van der Waals surface area contributed by atoms with Crippen molar-refractivity contribution >= 4 is 23.5 Å². The van der Waals surface area contributed by atoms with E-state index < -0.39 is 5.97 Å². The highest BCUT2D eigenvalue weighted by Gasteiger charge is 2.27. The molecule has 0 aliphatic carbocycles. The van der Waals surface area contributed by atoms with Crippen LogP contribution in [0.3, 0.4) is 0 Å². The highest BCUT2D eigenvalue weighted by atomic mass is 32.2. The van der Waals surface area contributed by atoms with Crippen LogP contribution in [0.2, 0.25) is 0 Å². The van der Waals surface area contributed by atoms with Crippen molar-refractivity contribution in [1.29, 1.82) is 5.26 Å². The number of ketones is 1. The predicted octanol–water partition coefficient (Wildman–Crippen LogP) is 4.29. The van der Waals surface area contributed by atoms with Crippen molar-refractivity contribution in [2.75, 3.05) is 12.4 Å². The minimum atomic E-state index is -0.444. The number of Topliss-reactive ketones (excluding diaryl/α,β-unsaturated/α-hetero) is 1. The molecule has 27 heavy (non-hydrogen) atoms. The first-order valence-electron chi connectivity index (χ1n) is 8.91. The standard InChI is InChI=1S/C21H24N2O3S/c1-5-23-14(3)19(20(15(23)4)21(25)26-6-2)18(24)13-27-12-17-9-7-8-16(10-17)11-22/h7-10H,5-6,12-13H2,1-4H3. The van der Waals surface area contributed by atoms with Crippen LogP contribution in [0.25, 0.3) is 0 Å². The van der Waals surface area contributed by atoms with Crippen LogP contribution in [0.15, 0.2) is 24.3 Å². The molecule has 0 spiro atoms. The van der Waals surface area contributed by atoms with Crippen LogP contribution in [0, 0.1) is 25.2 Å². The molecule has 0 amide bonds. The van der Waals surface area contributed by atoms with E-state index in [0.717, 1.165) is 17.0 Å². The summed E-state index contributed by atoms with van der Waals surface area (Å²) in [5, 5.41) is 8.98. The Morgan fingerprint density at radius 2 is 1.89 bits per heavy atom. The topological polar surface area (TPSA) is 72.1 Å². The second kappa shape index (κ2) is 9.43. The molecule has 2 aromatic rings. The molecule has 1 aromatic carbocycles. The van der Waals surface area contributed by atoms with E-state index in [-0.39, 0.29) is 18.1 Å². The van der Waals surface area contributed by atoms with Gasteiger partial charge in [0.25, 0.3) is 0 Å². The number of esters is 1. The zero-order chi connectivity index (χ0) is 20.0. The maximum absolute atomic E-state index is 12.9. The molecule has 142 valence electrons. The zero-order valence-electron chi connectivity index (χ0n) is 16.2. The van der Waals surface area contributed by atoms with Crippen LogP contribution >= 0.6 is 11.8 Å². The van der Waals surface area contributed by atoms with Gasteiger partial charge in [-0.05, 0) is 45.4 Å². The predicted molar refractivity (Wildman–Crippen MR) is 107 cm³/mol. The quantitative estimate of drug-likeness (QED) is 0.501. The minimum Gasteiger partial charge on any atom is -0.462 e. The van der Waals surface area contributed by atoms with Gasteiger partial charge in [0.1, 0.15) is 0 Å². The molecule has 0 radical (unpaired) electrons. The number of rotatable bonds is 8. The summed E-state index contributed by atoms with van der Waals surface area (Å²) >= 11 is 1.47. The molecule has 0 fully saturated rings. The molecule has 0 unspecified atom stereocenters. The molecular formula is C21H24N2O3S. The summed E-state index contributed by atoms with van der Waals surface area (Å²) in [5.41, 5.74) is 4.02. The fourth-order valence-corrected chi connectivity index (χ4v) is 4.06. The van der Waals surface area contributed by atoms with Gasteiger partial charge in [-0.3, -0.25) is 4.79 Å². The number of hydrogen-bond donors (Lipinski definition) is 0. The first-order valence-corrected chi connectivity index (χ1v) is 10.1. The summed E-state index contributed by atoms with van der Waals surface area (Å²) in [6.07, 6.45) is 0. The van der Waals surface area contributed by atoms with Crippen LogP contribution in [0.5, 0.6) is 0 Å². The average Bonchev–Trinajstić information content (AvgIpc) is 2.91. The Balaban J connectivity index is 2.20. The second-order valence-corrected chi connectivity index (χ2v) is 7.10. The van der Waals surface area contributed by atoms with Gasteiger partial charge in [-0.2, -0.15) is 5.26 Å². The van der Waals surface area contributed by atoms with E-state index in [1.165, 1.54) is 11.8 Å². The van der Waals surface area contributed by atoms with Crippen molar-refractivity contribution in [2.24, 2.45) is 0 Å². The maximum atomic E-state index is 12.9. The number of benzene rings is 1. The monoisotopic (exact) mass is 384 g/mol. The van der Waals surface area contributed by atoms with Crippen LogP contribution in [-0.2, 0) is 17.0 Å². The smallest absolute Gasteiger partial charge is 0.340 e. The molecule has 0 aliphatic rings. The molecule has 0 bridgehead atoms. The SMILES string of the molecule is CCOC(=O)c1c(C(=O)CSCc2cccc(C#N)c2)c(C)n(CC)c1C. The lowest BCUT2D eigenvalue weighted by Gasteiger charge is -2.06. The molecule has 0 aliphatic heterocycles. The van der Waals surface area contributed by atoms with Gasteiger partial charge in [-0.1, -0.05) is 12.1 Å². The molecular weight excluding hydrogens is 360 g/mol. The van der Waals surface area contributed by atoms with Crippen LogP contribution < -0.4 is 0 Å². The Morgan fingerprint density at radius 3 is 2.52 bits per heavy atom. The summed E-state index contributed by atoms with van der Waals surface area (Å²) in [7, 11) is 0. The molecule has 0 saturated heterocycles. The largest absolute Gasteiger partial charge is 0.462 e. The van der Waals surface area contributed by atoms with Gasteiger partial charge in [-0.15, -0.1) is 11.8 Å². The zero-order valence-corrected chi connectivity index (χ0v) is 17.0. The van der Waals surface area contributed by atoms with E-state index >= 15 is 0 Å². The first-order chi connectivity index (χ1) is 12.9. The van der Waals surface area contributed by atoms with Crippen molar-refractivity contribution in [1.82, 2.24) is 4.57 Å². The Bertz CT molecular complexity index is 894. The van der Waals surface area contributed by atoms with Crippen molar-refractivity contribution in [3.05, 3.63) is 57.9 Å². The number of carbonyl (C=O) groups is 2. The molecule has 2 rings (SSSR count). The third-order valence-corrected chi connectivity index (χ3v) is 5.42. The highest BCUT2D eigenvalue weighted by molar-refractivity contribution is 7.99. The van der Waals surface area contributed by atoms with Crippen LogP contribution in [-0.4, -0.2) is 28.7 Å². The number of thioether (sulfide) groups is 1. The van der Waals surface area contributed by atoms with Gasteiger partial charge in [0.2, 0.25) is 0 Å². The van der Waals surface area contributed by atoms with E-state index in [1.807, 2.05) is 43.5 Å². The molecule has 0 N–H and O–H groups in total. The van der Waals surface area contributed by atoms with Gasteiger partial charge in [0, 0.05) is 23.7 Å². The van der Waals surface area contributed by atoms with E-state index in [4.69, 9.17) is 10.00 Å². The normalized spacial score (nSPS) is 10.5. The summed E-state index contributed by atoms with van der Waals surface area (Å²) < 4.78 is 7.14. The number of nitriles is 1. The number of ether oxygens (including phenoxy) is 1. The van der Waals surface area contributed by atoms with Crippen molar-refractivity contribution < 1.29 is 14.3 Å². The Labute approximate surface area is 164 Å². The van der Waals surface area contributed by atoms with Crippen molar-refractivity contribution in [3.63, 3.8) is 0 Å². The van der Waals surface area contributed by atoms with Gasteiger partial charge in [-0.25, -0.2) is 4.79 Å². The third-order valence-electron chi connectivity index (χ3n) is 4.42. The number of hydrogen-bond acceptors (Lipinski definition) is 5.